The molecule has 0 saturated heterocycles. The standard InChI is InChI=1S/C16H21NO4/c1-4-5-8-20-14-12-7-6-11(18)9-13(12)17-16(19)15(14)21-10(2)3/h6-7,9-10,18H,4-5,8H2,1-3H3,(H,17,19). The van der Waals surface area contributed by atoms with Gasteiger partial charge in [-0.3, -0.25) is 4.79 Å². The molecule has 1 aromatic carbocycles. The van der Waals surface area contributed by atoms with Crippen LogP contribution in [0.25, 0.3) is 10.9 Å². The highest BCUT2D eigenvalue weighted by molar-refractivity contribution is 5.88. The Morgan fingerprint density at radius 1 is 1.29 bits per heavy atom. The van der Waals surface area contributed by atoms with Crippen molar-refractivity contribution < 1.29 is 14.6 Å². The van der Waals surface area contributed by atoms with Gasteiger partial charge in [-0.15, -0.1) is 0 Å². The second-order valence-electron chi connectivity index (χ2n) is 5.21. The van der Waals surface area contributed by atoms with Gasteiger partial charge < -0.3 is 19.6 Å². The van der Waals surface area contributed by atoms with Crippen molar-refractivity contribution in [2.45, 2.75) is 39.7 Å². The van der Waals surface area contributed by atoms with Crippen molar-refractivity contribution in [2.75, 3.05) is 6.61 Å². The molecule has 0 aliphatic carbocycles. The number of hydrogen-bond donors (Lipinski definition) is 2. The highest BCUT2D eigenvalue weighted by atomic mass is 16.5. The molecule has 2 aromatic rings. The fraction of sp³-hybridized carbons (Fsp3) is 0.438. The maximum absolute atomic E-state index is 12.2. The molecule has 0 saturated carbocycles. The Hall–Kier alpha value is -2.17. The van der Waals surface area contributed by atoms with Gasteiger partial charge in [0.15, 0.2) is 5.75 Å². The molecule has 2 rings (SSSR count). The van der Waals surface area contributed by atoms with Crippen LogP contribution in [0.4, 0.5) is 0 Å². The van der Waals surface area contributed by atoms with Crippen LogP contribution in [0.1, 0.15) is 33.6 Å². The molecule has 0 radical (unpaired) electrons. The summed E-state index contributed by atoms with van der Waals surface area (Å²) in [7, 11) is 0. The van der Waals surface area contributed by atoms with E-state index in [1.807, 2.05) is 13.8 Å². The Kier molecular flexibility index (Phi) is 4.73. The van der Waals surface area contributed by atoms with Gasteiger partial charge in [-0.2, -0.15) is 0 Å². The number of pyridine rings is 1. The van der Waals surface area contributed by atoms with Crippen molar-refractivity contribution in [1.82, 2.24) is 4.98 Å². The third kappa shape index (κ3) is 3.48. The molecule has 0 fully saturated rings. The van der Waals surface area contributed by atoms with E-state index in [0.717, 1.165) is 18.2 Å². The van der Waals surface area contributed by atoms with E-state index >= 15 is 0 Å². The minimum atomic E-state index is -0.353. The number of H-pyrrole nitrogens is 1. The van der Waals surface area contributed by atoms with Crippen molar-refractivity contribution in [3.63, 3.8) is 0 Å². The van der Waals surface area contributed by atoms with Crippen LogP contribution in [0.15, 0.2) is 23.0 Å². The van der Waals surface area contributed by atoms with Gasteiger partial charge in [0.05, 0.1) is 18.2 Å². The number of unbranched alkanes of at least 4 members (excludes halogenated alkanes) is 1. The average molecular weight is 291 g/mol. The van der Waals surface area contributed by atoms with Gasteiger partial charge in [0, 0.05) is 11.5 Å². The lowest BCUT2D eigenvalue weighted by molar-refractivity contribution is 0.218. The molecule has 1 heterocycles. The summed E-state index contributed by atoms with van der Waals surface area (Å²) in [6, 6.07) is 4.78. The second kappa shape index (κ2) is 6.52. The summed E-state index contributed by atoms with van der Waals surface area (Å²) in [6.07, 6.45) is 1.77. The normalized spacial score (nSPS) is 11.0. The van der Waals surface area contributed by atoms with Crippen molar-refractivity contribution >= 4 is 10.9 Å². The Bertz CT molecular complexity index is 676. The molecule has 0 aliphatic heterocycles. The summed E-state index contributed by atoms with van der Waals surface area (Å²) in [4.78, 5) is 14.9. The number of benzene rings is 1. The first kappa shape index (κ1) is 15.2. The highest BCUT2D eigenvalue weighted by Crippen LogP contribution is 2.33. The molecule has 5 heteroatoms. The summed E-state index contributed by atoms with van der Waals surface area (Å²) in [6.45, 7) is 6.31. The molecule has 0 atom stereocenters. The van der Waals surface area contributed by atoms with Crippen molar-refractivity contribution in [3.8, 4) is 17.2 Å². The van der Waals surface area contributed by atoms with Crippen molar-refractivity contribution in [2.24, 2.45) is 0 Å². The van der Waals surface area contributed by atoms with Crippen LogP contribution in [0.5, 0.6) is 17.2 Å². The number of nitrogens with one attached hydrogen (secondary N) is 1. The van der Waals surface area contributed by atoms with E-state index in [4.69, 9.17) is 9.47 Å². The summed E-state index contributed by atoms with van der Waals surface area (Å²) in [5, 5.41) is 10.3. The van der Waals surface area contributed by atoms with Crippen LogP contribution in [0.3, 0.4) is 0 Å². The van der Waals surface area contributed by atoms with Gasteiger partial charge in [-0.25, -0.2) is 0 Å². The summed E-state index contributed by atoms with van der Waals surface area (Å²) >= 11 is 0. The van der Waals surface area contributed by atoms with Gasteiger partial charge in [0.25, 0.3) is 5.56 Å². The van der Waals surface area contributed by atoms with Crippen LogP contribution < -0.4 is 15.0 Å². The quantitative estimate of drug-likeness (QED) is 0.802. The molecule has 21 heavy (non-hydrogen) atoms. The van der Waals surface area contributed by atoms with Crippen LogP contribution in [0.2, 0.25) is 0 Å². The van der Waals surface area contributed by atoms with E-state index in [-0.39, 0.29) is 23.2 Å². The lowest BCUT2D eigenvalue weighted by Gasteiger charge is -2.16. The van der Waals surface area contributed by atoms with Gasteiger partial charge in [0.2, 0.25) is 5.75 Å². The lowest BCUT2D eigenvalue weighted by Crippen LogP contribution is -2.18. The zero-order chi connectivity index (χ0) is 15.4. The van der Waals surface area contributed by atoms with Gasteiger partial charge in [-0.05, 0) is 32.4 Å². The van der Waals surface area contributed by atoms with Crippen LogP contribution >= 0.6 is 0 Å². The van der Waals surface area contributed by atoms with E-state index in [1.165, 1.54) is 6.07 Å². The minimum absolute atomic E-state index is 0.0928. The Balaban J connectivity index is 2.57. The number of ether oxygens (including phenoxy) is 2. The molecule has 0 spiro atoms. The summed E-state index contributed by atoms with van der Waals surface area (Å²) < 4.78 is 11.4. The van der Waals surface area contributed by atoms with Crippen molar-refractivity contribution in [1.29, 1.82) is 0 Å². The topological polar surface area (TPSA) is 71.5 Å². The van der Waals surface area contributed by atoms with E-state index < -0.39 is 0 Å². The van der Waals surface area contributed by atoms with Gasteiger partial charge in [0.1, 0.15) is 5.75 Å². The molecule has 0 aliphatic rings. The zero-order valence-corrected chi connectivity index (χ0v) is 12.6. The first-order valence-electron chi connectivity index (χ1n) is 7.21. The number of fused-ring (bicyclic) bond motifs is 1. The molecular formula is C16H21NO4. The fourth-order valence-corrected chi connectivity index (χ4v) is 2.04. The predicted molar refractivity (Wildman–Crippen MR) is 82.4 cm³/mol. The van der Waals surface area contributed by atoms with Crippen molar-refractivity contribution in [3.05, 3.63) is 28.6 Å². The highest BCUT2D eigenvalue weighted by Gasteiger charge is 2.17. The molecular weight excluding hydrogens is 270 g/mol. The first-order valence-corrected chi connectivity index (χ1v) is 7.21. The molecule has 2 N–H and O–H groups in total. The third-order valence-electron chi connectivity index (χ3n) is 3.01. The minimum Gasteiger partial charge on any atom is -0.508 e. The fourth-order valence-electron chi connectivity index (χ4n) is 2.04. The van der Waals surface area contributed by atoms with Crippen LogP contribution in [0, 0.1) is 0 Å². The zero-order valence-electron chi connectivity index (χ0n) is 12.6. The van der Waals surface area contributed by atoms with E-state index in [1.54, 1.807) is 12.1 Å². The van der Waals surface area contributed by atoms with Crippen LogP contribution in [-0.2, 0) is 0 Å². The molecule has 0 unspecified atom stereocenters. The maximum atomic E-state index is 12.2. The van der Waals surface area contributed by atoms with E-state index in [2.05, 4.69) is 11.9 Å². The number of aromatic nitrogens is 1. The average Bonchev–Trinajstić information content (AvgIpc) is 2.41. The number of phenolic OH excluding ortho intramolecular Hbond substituents is 1. The maximum Gasteiger partial charge on any atom is 0.294 e. The van der Waals surface area contributed by atoms with E-state index in [9.17, 15) is 9.90 Å². The Morgan fingerprint density at radius 3 is 2.71 bits per heavy atom. The van der Waals surface area contributed by atoms with E-state index in [0.29, 0.717) is 17.9 Å². The van der Waals surface area contributed by atoms with Crippen LogP contribution in [-0.4, -0.2) is 22.8 Å². The van der Waals surface area contributed by atoms with Gasteiger partial charge >= 0.3 is 0 Å². The first-order chi connectivity index (χ1) is 10.0. The third-order valence-corrected chi connectivity index (χ3v) is 3.01. The summed E-state index contributed by atoms with van der Waals surface area (Å²) in [5.41, 5.74) is 0.177. The molecule has 0 amide bonds. The molecule has 1 aromatic heterocycles. The molecule has 114 valence electrons. The monoisotopic (exact) mass is 291 g/mol. The predicted octanol–water partition coefficient (Wildman–Crippen LogP) is 3.20. The lowest BCUT2D eigenvalue weighted by atomic mass is 10.2. The number of aromatic hydroxyl groups is 1. The number of rotatable bonds is 6. The SMILES string of the molecule is CCCCOc1c(OC(C)C)c(=O)[nH]c2cc(O)ccc12. The second-order valence-corrected chi connectivity index (χ2v) is 5.21. The summed E-state index contributed by atoms with van der Waals surface area (Å²) in [5.74, 6) is 0.727. The molecule has 5 nitrogen and oxygen atoms in total. The Labute approximate surface area is 123 Å². The molecule has 0 bridgehead atoms. The van der Waals surface area contributed by atoms with Gasteiger partial charge in [-0.1, -0.05) is 13.3 Å². The number of hydrogen-bond acceptors (Lipinski definition) is 4. The Morgan fingerprint density at radius 2 is 2.05 bits per heavy atom. The smallest absolute Gasteiger partial charge is 0.294 e. The number of phenols is 1. The largest absolute Gasteiger partial charge is 0.508 e. The number of aromatic amines is 1.